The molecule has 0 unspecified atom stereocenters. The first-order valence-corrected chi connectivity index (χ1v) is 9.14. The quantitative estimate of drug-likeness (QED) is 0.310. The van der Waals surface area contributed by atoms with Gasteiger partial charge < -0.3 is 14.8 Å². The number of hydrogen-bond donors (Lipinski definition) is 1. The molecule has 12 heteroatoms. The van der Waals surface area contributed by atoms with Crippen molar-refractivity contribution in [3.05, 3.63) is 88.2 Å². The van der Waals surface area contributed by atoms with E-state index < -0.39 is 46.5 Å². The second kappa shape index (κ2) is 9.77. The lowest BCUT2D eigenvalue weighted by Crippen LogP contribution is -2.23. The second-order valence-corrected chi connectivity index (χ2v) is 6.40. The highest BCUT2D eigenvalue weighted by Gasteiger charge is 2.35. The zero-order valence-corrected chi connectivity index (χ0v) is 16.5. The number of anilines is 1. The third kappa shape index (κ3) is 6.03. The number of benzene rings is 2. The van der Waals surface area contributed by atoms with Crippen molar-refractivity contribution in [3.63, 3.8) is 0 Å². The summed E-state index contributed by atoms with van der Waals surface area (Å²) in [4.78, 5) is 38.1. The number of rotatable bonds is 7. The summed E-state index contributed by atoms with van der Waals surface area (Å²) in [7, 11) is 0. The molecule has 170 valence electrons. The summed E-state index contributed by atoms with van der Waals surface area (Å²) < 4.78 is 50.1. The molecule has 2 aromatic carbocycles. The summed E-state index contributed by atoms with van der Waals surface area (Å²) in [6, 6.07) is 11.1. The van der Waals surface area contributed by atoms with Crippen LogP contribution in [-0.2, 0) is 15.7 Å². The number of carbonyl (C=O) groups is 2. The van der Waals surface area contributed by atoms with Crippen LogP contribution >= 0.6 is 0 Å². The van der Waals surface area contributed by atoms with Crippen LogP contribution in [0.5, 0.6) is 11.5 Å². The standard InChI is InChI=1S/C21H14F3N3O6/c22-21(23,24)16-10-13(27(30)31)7-8-17(16)26-19(28)12-32-20(29)15-5-1-2-6-18(15)33-14-4-3-9-25-11-14/h1-11H,12H2,(H,26,28). The molecule has 3 rings (SSSR count). The van der Waals surface area contributed by atoms with E-state index in [1.54, 1.807) is 18.2 Å². The van der Waals surface area contributed by atoms with Crippen LogP contribution in [0, 0.1) is 10.1 Å². The zero-order valence-electron chi connectivity index (χ0n) is 16.5. The summed E-state index contributed by atoms with van der Waals surface area (Å²) in [5.74, 6) is -1.57. The van der Waals surface area contributed by atoms with Crippen LogP contribution in [-0.4, -0.2) is 28.4 Å². The molecule has 0 aliphatic carbocycles. The average Bonchev–Trinajstić information content (AvgIpc) is 2.78. The lowest BCUT2D eigenvalue weighted by atomic mass is 10.1. The van der Waals surface area contributed by atoms with Crippen LogP contribution in [0.15, 0.2) is 67.0 Å². The molecule has 0 aliphatic rings. The summed E-state index contributed by atoms with van der Waals surface area (Å²) in [6.07, 6.45) is -2.02. The van der Waals surface area contributed by atoms with E-state index in [0.29, 0.717) is 11.8 Å². The topological polar surface area (TPSA) is 121 Å². The van der Waals surface area contributed by atoms with E-state index in [-0.39, 0.29) is 11.3 Å². The van der Waals surface area contributed by atoms with E-state index in [9.17, 15) is 32.9 Å². The molecule has 1 N–H and O–H groups in total. The van der Waals surface area contributed by atoms with Gasteiger partial charge in [-0.25, -0.2) is 4.79 Å². The van der Waals surface area contributed by atoms with Gasteiger partial charge in [-0.3, -0.25) is 19.9 Å². The van der Waals surface area contributed by atoms with E-state index in [0.717, 1.165) is 12.1 Å². The summed E-state index contributed by atoms with van der Waals surface area (Å²) in [5, 5.41) is 12.7. The molecule has 0 spiro atoms. The van der Waals surface area contributed by atoms with Crippen LogP contribution in [0.1, 0.15) is 15.9 Å². The van der Waals surface area contributed by atoms with E-state index in [1.165, 1.54) is 30.6 Å². The van der Waals surface area contributed by atoms with Crippen LogP contribution in [0.4, 0.5) is 24.5 Å². The monoisotopic (exact) mass is 461 g/mol. The fourth-order valence-corrected chi connectivity index (χ4v) is 2.64. The number of hydrogen-bond acceptors (Lipinski definition) is 7. The van der Waals surface area contributed by atoms with Gasteiger partial charge in [0.2, 0.25) is 0 Å². The lowest BCUT2D eigenvalue weighted by Gasteiger charge is -2.14. The highest BCUT2D eigenvalue weighted by atomic mass is 19.4. The van der Waals surface area contributed by atoms with Crippen molar-refractivity contribution in [2.45, 2.75) is 6.18 Å². The normalized spacial score (nSPS) is 10.9. The molecular weight excluding hydrogens is 447 g/mol. The minimum atomic E-state index is -4.96. The number of amides is 1. The van der Waals surface area contributed by atoms with Crippen molar-refractivity contribution >= 4 is 23.3 Å². The number of nitrogens with one attached hydrogen (secondary N) is 1. The summed E-state index contributed by atoms with van der Waals surface area (Å²) >= 11 is 0. The van der Waals surface area contributed by atoms with Crippen LogP contribution in [0.25, 0.3) is 0 Å². The number of nitrogens with zero attached hydrogens (tertiary/aromatic N) is 2. The molecule has 0 atom stereocenters. The predicted molar refractivity (Wildman–Crippen MR) is 108 cm³/mol. The number of esters is 1. The number of para-hydroxylation sites is 1. The molecule has 0 radical (unpaired) electrons. The number of non-ortho nitro benzene ring substituents is 1. The third-order valence-corrected chi connectivity index (χ3v) is 4.10. The fourth-order valence-electron chi connectivity index (χ4n) is 2.64. The number of nitro groups is 1. The van der Waals surface area contributed by atoms with Gasteiger partial charge in [-0.2, -0.15) is 13.2 Å². The van der Waals surface area contributed by atoms with Gasteiger partial charge in [0.1, 0.15) is 17.1 Å². The Morgan fingerprint density at radius 2 is 1.85 bits per heavy atom. The first-order chi connectivity index (χ1) is 15.6. The van der Waals surface area contributed by atoms with Crippen molar-refractivity contribution in [3.8, 4) is 11.5 Å². The predicted octanol–water partition coefficient (Wildman–Crippen LogP) is 4.60. The van der Waals surface area contributed by atoms with Crippen molar-refractivity contribution < 1.29 is 37.2 Å². The van der Waals surface area contributed by atoms with E-state index in [4.69, 9.17) is 9.47 Å². The lowest BCUT2D eigenvalue weighted by molar-refractivity contribution is -0.385. The Kier molecular flexibility index (Phi) is 6.86. The van der Waals surface area contributed by atoms with Crippen molar-refractivity contribution in [2.75, 3.05) is 11.9 Å². The number of alkyl halides is 3. The highest BCUT2D eigenvalue weighted by Crippen LogP contribution is 2.37. The van der Waals surface area contributed by atoms with Gasteiger partial charge in [-0.1, -0.05) is 12.1 Å². The Labute approximate surface area is 183 Å². The first kappa shape index (κ1) is 23.2. The van der Waals surface area contributed by atoms with E-state index in [2.05, 4.69) is 4.98 Å². The Balaban J connectivity index is 1.69. The van der Waals surface area contributed by atoms with Crippen LogP contribution in [0.2, 0.25) is 0 Å². The molecular formula is C21H14F3N3O6. The number of aromatic nitrogens is 1. The Morgan fingerprint density at radius 1 is 1.09 bits per heavy atom. The van der Waals surface area contributed by atoms with Gasteiger partial charge in [-0.05, 0) is 30.3 Å². The molecule has 33 heavy (non-hydrogen) atoms. The molecule has 0 saturated carbocycles. The fraction of sp³-hybridized carbons (Fsp3) is 0.0952. The van der Waals surface area contributed by atoms with Crippen molar-refractivity contribution in [2.24, 2.45) is 0 Å². The van der Waals surface area contributed by atoms with E-state index >= 15 is 0 Å². The number of carbonyl (C=O) groups excluding carboxylic acids is 2. The second-order valence-electron chi connectivity index (χ2n) is 6.40. The Hall–Kier alpha value is -4.48. The molecule has 0 bridgehead atoms. The number of ether oxygens (including phenoxy) is 2. The summed E-state index contributed by atoms with van der Waals surface area (Å²) in [6.45, 7) is -0.908. The molecule has 1 heterocycles. The van der Waals surface area contributed by atoms with Crippen LogP contribution in [0.3, 0.4) is 0 Å². The third-order valence-electron chi connectivity index (χ3n) is 4.10. The first-order valence-electron chi connectivity index (χ1n) is 9.14. The molecule has 1 aromatic heterocycles. The van der Waals surface area contributed by atoms with Gasteiger partial charge >= 0.3 is 12.1 Å². The smallest absolute Gasteiger partial charge is 0.418 e. The number of pyridine rings is 1. The maximum atomic E-state index is 13.2. The molecule has 0 fully saturated rings. The minimum absolute atomic E-state index is 0.0273. The van der Waals surface area contributed by atoms with Crippen molar-refractivity contribution in [1.29, 1.82) is 0 Å². The molecule has 0 aliphatic heterocycles. The van der Waals surface area contributed by atoms with Gasteiger partial charge in [0.15, 0.2) is 6.61 Å². The Morgan fingerprint density at radius 3 is 2.52 bits per heavy atom. The van der Waals surface area contributed by atoms with Crippen molar-refractivity contribution in [1.82, 2.24) is 4.98 Å². The molecule has 0 saturated heterocycles. The number of nitro benzene ring substituents is 1. The average molecular weight is 461 g/mol. The summed E-state index contributed by atoms with van der Waals surface area (Å²) in [5.41, 5.74) is -2.95. The zero-order chi connectivity index (χ0) is 24.0. The molecule has 3 aromatic rings. The molecule has 9 nitrogen and oxygen atoms in total. The highest BCUT2D eigenvalue weighted by molar-refractivity contribution is 5.97. The Bertz CT molecular complexity index is 1190. The maximum absolute atomic E-state index is 13.2. The van der Waals surface area contributed by atoms with Crippen LogP contribution < -0.4 is 10.1 Å². The molecule has 1 amide bonds. The maximum Gasteiger partial charge on any atom is 0.418 e. The SMILES string of the molecule is O=C(COC(=O)c1ccccc1Oc1cccnc1)Nc1ccc([N+](=O)[O-])cc1C(F)(F)F. The number of halogens is 3. The minimum Gasteiger partial charge on any atom is -0.455 e. The van der Waals surface area contributed by atoms with Gasteiger partial charge in [0, 0.05) is 18.3 Å². The van der Waals surface area contributed by atoms with E-state index in [1.807, 2.05) is 5.32 Å². The van der Waals surface area contributed by atoms with Gasteiger partial charge in [0.05, 0.1) is 22.4 Å². The van der Waals surface area contributed by atoms with Gasteiger partial charge in [-0.15, -0.1) is 0 Å². The largest absolute Gasteiger partial charge is 0.455 e. The van der Waals surface area contributed by atoms with Gasteiger partial charge in [0.25, 0.3) is 11.6 Å².